The van der Waals surface area contributed by atoms with E-state index >= 15 is 0 Å². The number of benzene rings is 2. The largest absolute Gasteiger partial charge is 0.305 e. The third-order valence-corrected chi connectivity index (χ3v) is 5.36. The molecule has 0 aromatic heterocycles. The highest BCUT2D eigenvalue weighted by Gasteiger charge is 2.37. The minimum atomic E-state index is 0.171. The summed E-state index contributed by atoms with van der Waals surface area (Å²) in [5.74, 6) is 0.171. The van der Waals surface area contributed by atoms with Crippen molar-refractivity contribution in [2.75, 3.05) is 18.0 Å². The van der Waals surface area contributed by atoms with E-state index in [2.05, 4.69) is 47.4 Å². The van der Waals surface area contributed by atoms with Crippen molar-refractivity contribution in [3.05, 3.63) is 71.8 Å². The van der Waals surface area contributed by atoms with E-state index in [0.717, 1.165) is 49.3 Å². The van der Waals surface area contributed by atoms with Gasteiger partial charge in [-0.15, -0.1) is 0 Å². The van der Waals surface area contributed by atoms with E-state index in [1.807, 2.05) is 30.0 Å². The van der Waals surface area contributed by atoms with Crippen molar-refractivity contribution in [2.24, 2.45) is 0 Å². The first-order chi connectivity index (χ1) is 12.3. The molecular weight excluding hydrogens is 308 g/mol. The lowest BCUT2D eigenvalue weighted by Gasteiger charge is -2.37. The molecule has 0 radical (unpaired) electrons. The molecule has 128 valence electrons. The first-order valence-corrected chi connectivity index (χ1v) is 9.13. The Bertz CT molecular complexity index is 789. The molecule has 0 unspecified atom stereocenters. The van der Waals surface area contributed by atoms with Crippen LogP contribution in [0.2, 0.25) is 0 Å². The summed E-state index contributed by atoms with van der Waals surface area (Å²) in [4.78, 5) is 17.5. The number of carbonyl (C=O) groups excluding carboxylic acids is 1. The van der Waals surface area contributed by atoms with Gasteiger partial charge < -0.3 is 4.90 Å². The van der Waals surface area contributed by atoms with Crippen molar-refractivity contribution in [2.45, 2.75) is 32.4 Å². The second-order valence-electron chi connectivity index (χ2n) is 6.89. The normalized spacial score (nSPS) is 20.3. The molecule has 1 saturated heterocycles. The summed E-state index contributed by atoms with van der Waals surface area (Å²) in [6.45, 7) is 5.03. The predicted molar refractivity (Wildman–Crippen MR) is 102 cm³/mol. The topological polar surface area (TPSA) is 23.6 Å². The highest BCUT2D eigenvalue weighted by atomic mass is 16.2. The maximum absolute atomic E-state index is 12.9. The number of likely N-dealkylation sites (tertiary alicyclic amines) is 1. The second-order valence-corrected chi connectivity index (χ2v) is 6.89. The molecule has 0 atom stereocenters. The lowest BCUT2D eigenvalue weighted by Crippen LogP contribution is -2.46. The number of hydrogen-bond donors (Lipinski definition) is 0. The van der Waals surface area contributed by atoms with Crippen molar-refractivity contribution >= 4 is 17.2 Å². The Labute approximate surface area is 149 Å². The molecule has 2 aliphatic rings. The lowest BCUT2D eigenvalue weighted by atomic mass is 10.0. The molecule has 2 aromatic rings. The van der Waals surface area contributed by atoms with Crippen LogP contribution in [-0.4, -0.2) is 29.9 Å². The third kappa shape index (κ3) is 3.00. The summed E-state index contributed by atoms with van der Waals surface area (Å²) >= 11 is 0. The van der Waals surface area contributed by atoms with Crippen LogP contribution >= 0.6 is 0 Å². The van der Waals surface area contributed by atoms with Gasteiger partial charge in [-0.1, -0.05) is 54.6 Å². The van der Waals surface area contributed by atoms with E-state index in [1.165, 1.54) is 5.56 Å². The number of piperidine rings is 1. The Hall–Kier alpha value is -2.39. The molecule has 25 heavy (non-hydrogen) atoms. The van der Waals surface area contributed by atoms with Gasteiger partial charge in [-0.25, -0.2) is 0 Å². The fourth-order valence-corrected chi connectivity index (χ4v) is 4.08. The van der Waals surface area contributed by atoms with Crippen molar-refractivity contribution < 1.29 is 4.79 Å². The van der Waals surface area contributed by atoms with E-state index in [4.69, 9.17) is 0 Å². The summed E-state index contributed by atoms with van der Waals surface area (Å²) in [5, 5.41) is 0. The van der Waals surface area contributed by atoms with Gasteiger partial charge in [-0.05, 0) is 31.4 Å². The van der Waals surface area contributed by atoms with Crippen LogP contribution in [0.1, 0.15) is 30.9 Å². The van der Waals surface area contributed by atoms with Gasteiger partial charge in [0.15, 0.2) is 0 Å². The maximum Gasteiger partial charge on any atom is 0.258 e. The minimum absolute atomic E-state index is 0.171. The second kappa shape index (κ2) is 6.85. The summed E-state index contributed by atoms with van der Waals surface area (Å²) in [6, 6.07) is 19.1. The molecule has 2 aliphatic heterocycles. The molecule has 2 aromatic carbocycles. The average Bonchev–Trinajstić information content (AvgIpc) is 2.94. The molecule has 0 bridgehead atoms. The monoisotopic (exact) mass is 332 g/mol. The molecule has 1 amide bonds. The average molecular weight is 332 g/mol. The van der Waals surface area contributed by atoms with Crippen LogP contribution in [0.3, 0.4) is 0 Å². The zero-order valence-corrected chi connectivity index (χ0v) is 14.7. The fourth-order valence-electron chi connectivity index (χ4n) is 4.08. The highest BCUT2D eigenvalue weighted by Crippen LogP contribution is 2.39. The molecule has 1 fully saturated rings. The number of anilines is 1. The van der Waals surface area contributed by atoms with Crippen LogP contribution in [0.4, 0.5) is 5.69 Å². The van der Waals surface area contributed by atoms with Crippen LogP contribution in [0.5, 0.6) is 0 Å². The number of fused-ring (bicyclic) bond motifs is 1. The number of carbonyl (C=O) groups is 1. The van der Waals surface area contributed by atoms with Gasteiger partial charge >= 0.3 is 0 Å². The van der Waals surface area contributed by atoms with Crippen molar-refractivity contribution in [1.82, 2.24) is 4.90 Å². The van der Waals surface area contributed by atoms with Crippen LogP contribution in [-0.2, 0) is 11.3 Å². The predicted octanol–water partition coefficient (Wildman–Crippen LogP) is 4.10. The zero-order valence-electron chi connectivity index (χ0n) is 14.7. The van der Waals surface area contributed by atoms with Gasteiger partial charge in [-0.3, -0.25) is 9.69 Å². The van der Waals surface area contributed by atoms with Gasteiger partial charge in [0.05, 0.1) is 5.69 Å². The van der Waals surface area contributed by atoms with Gasteiger partial charge in [0.25, 0.3) is 5.91 Å². The quantitative estimate of drug-likeness (QED) is 0.790. The smallest absolute Gasteiger partial charge is 0.258 e. The van der Waals surface area contributed by atoms with E-state index in [1.54, 1.807) is 0 Å². The minimum Gasteiger partial charge on any atom is -0.305 e. The van der Waals surface area contributed by atoms with E-state index in [-0.39, 0.29) is 5.91 Å². The summed E-state index contributed by atoms with van der Waals surface area (Å²) in [7, 11) is 0. The number of rotatable bonds is 3. The van der Waals surface area contributed by atoms with Gasteiger partial charge in [0, 0.05) is 36.8 Å². The summed E-state index contributed by atoms with van der Waals surface area (Å²) in [5.41, 5.74) is 4.38. The number of hydrogen-bond acceptors (Lipinski definition) is 2. The first-order valence-electron chi connectivity index (χ1n) is 9.13. The van der Waals surface area contributed by atoms with Crippen LogP contribution in [0.25, 0.3) is 5.57 Å². The molecule has 0 saturated carbocycles. The van der Waals surface area contributed by atoms with E-state index in [0.29, 0.717) is 6.04 Å². The lowest BCUT2D eigenvalue weighted by molar-refractivity contribution is -0.113. The molecule has 0 aliphatic carbocycles. The fraction of sp³-hybridized carbons (Fsp3) is 0.318. The van der Waals surface area contributed by atoms with E-state index < -0.39 is 0 Å². The third-order valence-electron chi connectivity index (χ3n) is 5.36. The zero-order chi connectivity index (χ0) is 17.2. The van der Waals surface area contributed by atoms with Crippen molar-refractivity contribution in [1.29, 1.82) is 0 Å². The Morgan fingerprint density at radius 1 is 1.00 bits per heavy atom. The molecule has 0 spiro atoms. The molecular formula is C22H24N2O. The number of amides is 1. The Balaban J connectivity index is 1.47. The summed E-state index contributed by atoms with van der Waals surface area (Å²) in [6.07, 6.45) is 4.01. The molecule has 2 heterocycles. The van der Waals surface area contributed by atoms with Gasteiger partial charge in [0.1, 0.15) is 0 Å². The van der Waals surface area contributed by atoms with Crippen LogP contribution < -0.4 is 4.90 Å². The van der Waals surface area contributed by atoms with Crippen molar-refractivity contribution in [3.8, 4) is 0 Å². The molecule has 3 heteroatoms. The van der Waals surface area contributed by atoms with Crippen LogP contribution in [0.15, 0.2) is 60.7 Å². The van der Waals surface area contributed by atoms with Crippen LogP contribution in [0, 0.1) is 0 Å². The Morgan fingerprint density at radius 2 is 1.68 bits per heavy atom. The number of para-hydroxylation sites is 1. The van der Waals surface area contributed by atoms with E-state index in [9.17, 15) is 4.79 Å². The van der Waals surface area contributed by atoms with Gasteiger partial charge in [-0.2, -0.15) is 0 Å². The maximum atomic E-state index is 12.9. The number of nitrogens with zero attached hydrogens (tertiary/aromatic N) is 2. The molecule has 0 N–H and O–H groups in total. The van der Waals surface area contributed by atoms with Gasteiger partial charge in [0.2, 0.25) is 0 Å². The molecule has 3 nitrogen and oxygen atoms in total. The Kier molecular flexibility index (Phi) is 4.41. The summed E-state index contributed by atoms with van der Waals surface area (Å²) < 4.78 is 0. The Morgan fingerprint density at radius 3 is 2.40 bits per heavy atom. The first kappa shape index (κ1) is 16.1. The van der Waals surface area contributed by atoms with Crippen molar-refractivity contribution in [3.63, 3.8) is 0 Å². The highest BCUT2D eigenvalue weighted by molar-refractivity contribution is 6.32. The molecule has 4 rings (SSSR count). The number of allylic oxidation sites excluding steroid dienone is 1. The SMILES string of the molecule is C/C=C1\C(=O)N(C2CCN(Cc3ccccc3)CC2)c2ccccc21. The standard InChI is InChI=1S/C22H24N2O/c1-2-19-20-10-6-7-11-21(20)24(22(19)25)18-12-14-23(15-13-18)16-17-8-4-3-5-9-17/h2-11,18H,12-16H2,1H3/b19-2-.